The van der Waals surface area contributed by atoms with Crippen LogP contribution in [0.1, 0.15) is 58.1 Å². The number of rotatable bonds is 60. The Kier molecular flexibility index (Phi) is 44.6. The molecule has 0 bridgehead atoms. The molecule has 2 unspecified atom stereocenters. The Morgan fingerprint density at radius 3 is 0.922 bits per heavy atom. The Labute approximate surface area is 627 Å². The molecule has 580 valence electrons. The van der Waals surface area contributed by atoms with Gasteiger partial charge < -0.3 is 91.5 Å². The molecule has 33 heteroatoms. The van der Waals surface area contributed by atoms with Crippen molar-refractivity contribution in [2.45, 2.75) is 47.6 Å². The average Bonchev–Trinajstić information content (AvgIpc) is 0.818. The average molecular weight is 1570 g/mol. The van der Waals surface area contributed by atoms with E-state index < -0.39 is 20.0 Å². The smallest absolute Gasteiger partial charge is 0.240 e. The SMILES string of the molecule is CN1Cc2c(Cl)cc(Cl)cc2C(c2cccc(S(=O)(=O)NCCOCCOCCOCCNC(=O)CCOCCOCCOCCOCCOCCOCCOCCOCCOCCC(=O)NCCOCCOCCOCCNS(=O)(=O)c3cccc(C4CN(C)Cc5c(Cl)cc(Cl)cc54)c3)c2)C1. The van der Waals surface area contributed by atoms with Crippen molar-refractivity contribution in [3.63, 3.8) is 0 Å². The third kappa shape index (κ3) is 36.3. The van der Waals surface area contributed by atoms with Gasteiger partial charge >= 0.3 is 0 Å². The lowest BCUT2D eigenvalue weighted by atomic mass is 9.85. The van der Waals surface area contributed by atoms with Crippen LogP contribution in [0.25, 0.3) is 0 Å². The molecular weight excluding hydrogens is 1470 g/mol. The molecule has 2 aliphatic heterocycles. The van der Waals surface area contributed by atoms with E-state index in [1.54, 1.807) is 48.5 Å². The highest BCUT2D eigenvalue weighted by atomic mass is 35.5. The van der Waals surface area contributed by atoms with Gasteiger partial charge in [0.25, 0.3) is 0 Å². The molecule has 4 aromatic carbocycles. The summed E-state index contributed by atoms with van der Waals surface area (Å²) in [5.41, 5.74) is 5.71. The summed E-state index contributed by atoms with van der Waals surface area (Å²) >= 11 is 25.7. The van der Waals surface area contributed by atoms with Gasteiger partial charge in [0.15, 0.2) is 0 Å². The van der Waals surface area contributed by atoms with Crippen LogP contribution in [0.3, 0.4) is 0 Å². The number of sulfonamides is 2. The van der Waals surface area contributed by atoms with E-state index in [9.17, 15) is 26.4 Å². The first-order chi connectivity index (χ1) is 50.0. The second-order valence-corrected chi connectivity index (χ2v) is 29.0. The largest absolute Gasteiger partial charge is 0.379 e. The zero-order valence-corrected chi connectivity index (χ0v) is 63.8. The zero-order valence-electron chi connectivity index (χ0n) is 59.2. The van der Waals surface area contributed by atoms with Crippen LogP contribution >= 0.6 is 46.4 Å². The number of hydrogen-bond acceptors (Lipinski definition) is 23. The fraction of sp³-hybridized carbons (Fsp3) is 0.629. The van der Waals surface area contributed by atoms with Crippen LogP contribution < -0.4 is 20.1 Å². The summed E-state index contributed by atoms with van der Waals surface area (Å²) < 4.78 is 141. The second-order valence-electron chi connectivity index (χ2n) is 23.7. The number of amides is 2. The predicted molar refractivity (Wildman–Crippen MR) is 390 cm³/mol. The van der Waals surface area contributed by atoms with Gasteiger partial charge in [-0.2, -0.15) is 0 Å². The van der Waals surface area contributed by atoms with E-state index in [1.165, 1.54) is 0 Å². The number of benzene rings is 4. The first-order valence-electron chi connectivity index (χ1n) is 34.7. The van der Waals surface area contributed by atoms with E-state index in [0.29, 0.717) is 218 Å². The first-order valence-corrected chi connectivity index (χ1v) is 39.2. The van der Waals surface area contributed by atoms with Crippen LogP contribution in [0.2, 0.25) is 20.1 Å². The van der Waals surface area contributed by atoms with Gasteiger partial charge in [0, 0.05) is 97.1 Å². The van der Waals surface area contributed by atoms with Gasteiger partial charge in [-0.3, -0.25) is 9.59 Å². The molecule has 0 aliphatic carbocycles. The van der Waals surface area contributed by atoms with E-state index in [4.69, 9.17) is 117 Å². The molecule has 27 nitrogen and oxygen atoms in total. The molecule has 2 atom stereocenters. The number of likely N-dealkylation sites (N-methyl/N-ethyl adjacent to an activating group) is 2. The van der Waals surface area contributed by atoms with E-state index in [0.717, 1.165) is 33.4 Å². The van der Waals surface area contributed by atoms with Gasteiger partial charge in [-0.05, 0) is 96.0 Å². The number of nitrogens with zero attached hydrogens (tertiary/aromatic N) is 2. The lowest BCUT2D eigenvalue weighted by molar-refractivity contribution is -0.123. The van der Waals surface area contributed by atoms with E-state index in [1.807, 2.05) is 38.4 Å². The van der Waals surface area contributed by atoms with Gasteiger partial charge in [0.2, 0.25) is 31.9 Å². The Morgan fingerprint density at radius 1 is 0.369 bits per heavy atom. The molecular formula is C70H104Cl4N6O21S2. The van der Waals surface area contributed by atoms with Crippen LogP contribution in [0.5, 0.6) is 0 Å². The Bertz CT molecular complexity index is 3080. The first kappa shape index (κ1) is 88.0. The molecule has 2 amide bonds. The Morgan fingerprint density at radius 2 is 0.631 bits per heavy atom. The molecule has 2 heterocycles. The minimum Gasteiger partial charge on any atom is -0.379 e. The summed E-state index contributed by atoms with van der Waals surface area (Å²) in [7, 11) is -3.55. The maximum absolute atomic E-state index is 13.1. The lowest BCUT2D eigenvalue weighted by Gasteiger charge is -2.33. The van der Waals surface area contributed by atoms with E-state index in [-0.39, 0.29) is 99.0 Å². The number of hydrogen-bond donors (Lipinski definition) is 4. The molecule has 6 rings (SSSR count). The lowest BCUT2D eigenvalue weighted by Crippen LogP contribution is -2.31. The summed E-state index contributed by atoms with van der Waals surface area (Å²) in [6.07, 6.45) is 0.436. The fourth-order valence-electron chi connectivity index (χ4n) is 10.7. The maximum Gasteiger partial charge on any atom is 0.240 e. The molecule has 0 saturated heterocycles. The van der Waals surface area contributed by atoms with Crippen LogP contribution in [-0.4, -0.2) is 290 Å². The fourth-order valence-corrected chi connectivity index (χ4v) is 14.0. The van der Waals surface area contributed by atoms with Gasteiger partial charge in [0.1, 0.15) is 0 Å². The summed E-state index contributed by atoms with van der Waals surface area (Å²) in [5, 5.41) is 7.87. The number of carbonyl (C=O) groups is 2. The molecule has 0 aromatic heterocycles. The van der Waals surface area contributed by atoms with Crippen LogP contribution in [-0.2, 0) is 114 Å². The van der Waals surface area contributed by atoms with Crippen molar-refractivity contribution in [2.75, 3.05) is 252 Å². The topological polar surface area (TPSA) is 295 Å². The van der Waals surface area contributed by atoms with Gasteiger partial charge in [-0.1, -0.05) is 70.7 Å². The standard InChI is InChI=1S/C70H104Cl4N6O21S2/c1-79-51-63(61-47-57(71)49-67(73)65(61)53-79)55-5-3-7-59(45-55)102(83,84)77-13-19-91-25-31-95-29-23-89-17-11-75-69(81)9-15-87-21-27-93-33-35-97-37-39-99-41-43-101-44-42-100-40-38-98-36-34-94-28-22-88-16-10-70(82)76-12-18-90-24-30-96-32-26-92-20-14-78-103(85,86)60-8-4-6-56(46-60)64-52-80(2)54-66-62(64)48-58(72)50-68(66)74/h3-8,45-50,63-64,77-78H,9-44,51-54H2,1-2H3,(H,75,81)(H,76,82). The normalized spacial score (nSPS) is 15.0. The predicted octanol–water partition coefficient (Wildman–Crippen LogP) is 5.97. The van der Waals surface area contributed by atoms with Crippen LogP contribution in [0.15, 0.2) is 82.6 Å². The summed E-state index contributed by atoms with van der Waals surface area (Å²) in [4.78, 5) is 28.9. The van der Waals surface area contributed by atoms with Crippen molar-refractivity contribution in [1.82, 2.24) is 29.9 Å². The number of carbonyl (C=O) groups excluding carboxylic acids is 2. The minimum atomic E-state index is -3.78. The monoisotopic (exact) mass is 1570 g/mol. The van der Waals surface area contributed by atoms with Crippen molar-refractivity contribution < 1.29 is 97.5 Å². The molecule has 0 saturated carbocycles. The van der Waals surface area contributed by atoms with Gasteiger partial charge in [0.05, 0.1) is 208 Å². The van der Waals surface area contributed by atoms with E-state index >= 15 is 0 Å². The number of ether oxygens (including phenoxy) is 15. The Balaban J connectivity index is 0.579. The number of halogens is 4. The molecule has 103 heavy (non-hydrogen) atoms. The maximum atomic E-state index is 13.1. The quantitative estimate of drug-likeness (QED) is 0.0370. The third-order valence-electron chi connectivity index (χ3n) is 15.8. The molecule has 2 aliphatic rings. The second kappa shape index (κ2) is 52.2. The highest BCUT2D eigenvalue weighted by molar-refractivity contribution is 7.89. The van der Waals surface area contributed by atoms with Crippen molar-refractivity contribution in [3.8, 4) is 0 Å². The molecule has 0 radical (unpaired) electrons. The van der Waals surface area contributed by atoms with Gasteiger partial charge in [-0.25, -0.2) is 26.3 Å². The molecule has 4 N–H and O–H groups in total. The zero-order chi connectivity index (χ0) is 73.6. The summed E-state index contributed by atoms with van der Waals surface area (Å²) in [6, 6.07) is 21.2. The van der Waals surface area contributed by atoms with E-state index in [2.05, 4.69) is 29.9 Å². The van der Waals surface area contributed by atoms with Crippen molar-refractivity contribution in [1.29, 1.82) is 0 Å². The van der Waals surface area contributed by atoms with Crippen LogP contribution in [0, 0.1) is 0 Å². The van der Waals surface area contributed by atoms with Crippen molar-refractivity contribution in [2.24, 2.45) is 0 Å². The van der Waals surface area contributed by atoms with Crippen molar-refractivity contribution >= 4 is 78.3 Å². The number of nitrogens with one attached hydrogen (secondary N) is 4. The summed E-state index contributed by atoms with van der Waals surface area (Å²) in [5.74, 6) is -0.459. The molecule has 0 fully saturated rings. The van der Waals surface area contributed by atoms with Crippen molar-refractivity contribution in [3.05, 3.63) is 126 Å². The summed E-state index contributed by atoms with van der Waals surface area (Å²) in [6.45, 7) is 14.4. The highest BCUT2D eigenvalue weighted by Gasteiger charge is 2.30. The Hall–Kier alpha value is -3.88. The highest BCUT2D eigenvalue weighted by Crippen LogP contribution is 2.40. The third-order valence-corrected chi connectivity index (χ3v) is 19.8. The van der Waals surface area contributed by atoms with Gasteiger partial charge in [-0.15, -0.1) is 0 Å². The minimum absolute atomic E-state index is 0.0876. The number of fused-ring (bicyclic) bond motifs is 2. The molecule has 4 aromatic rings. The van der Waals surface area contributed by atoms with Crippen LogP contribution in [0.4, 0.5) is 0 Å². The molecule has 0 spiro atoms.